The molecular weight excluding hydrogens is 322 g/mol. The lowest BCUT2D eigenvalue weighted by Crippen LogP contribution is -2.26. The first-order chi connectivity index (χ1) is 11.8. The monoisotopic (exact) mass is 337 g/mol. The minimum absolute atomic E-state index is 0.0431. The maximum absolute atomic E-state index is 12.3. The van der Waals surface area contributed by atoms with E-state index in [1.54, 1.807) is 18.7 Å². The molecule has 0 atom stereocenters. The van der Waals surface area contributed by atoms with E-state index < -0.39 is 0 Å². The van der Waals surface area contributed by atoms with Gasteiger partial charge in [0.2, 0.25) is 0 Å². The van der Waals surface area contributed by atoms with Gasteiger partial charge in [-0.15, -0.1) is 11.3 Å². The van der Waals surface area contributed by atoms with Gasteiger partial charge in [0.15, 0.2) is 0 Å². The maximum Gasteiger partial charge on any atom is 0.261 e. The summed E-state index contributed by atoms with van der Waals surface area (Å²) in [5.41, 5.74) is 2.00. The number of hydrogen-bond acceptors (Lipinski definition) is 4. The number of carbonyl (C=O) groups excluding carboxylic acids is 1. The fraction of sp³-hybridized carbons (Fsp3) is 0.111. The summed E-state index contributed by atoms with van der Waals surface area (Å²) in [6, 6.07) is 11.8. The SMILES string of the molecule is O=C(NCCn1cc(-c2ccoc2)cn1)c1cc2ccccc2s1. The first-order valence-electron chi connectivity index (χ1n) is 7.61. The third kappa shape index (κ3) is 2.96. The maximum atomic E-state index is 12.3. The molecule has 0 bridgehead atoms. The molecule has 0 spiro atoms. The number of amides is 1. The molecule has 0 aliphatic heterocycles. The normalized spacial score (nSPS) is 11.0. The molecule has 24 heavy (non-hydrogen) atoms. The van der Waals surface area contributed by atoms with Gasteiger partial charge < -0.3 is 9.73 Å². The molecule has 0 saturated heterocycles. The highest BCUT2D eigenvalue weighted by atomic mass is 32.1. The molecule has 0 saturated carbocycles. The van der Waals surface area contributed by atoms with Gasteiger partial charge in [-0.2, -0.15) is 5.10 Å². The number of benzene rings is 1. The topological polar surface area (TPSA) is 60.1 Å². The number of furan rings is 1. The van der Waals surface area contributed by atoms with E-state index in [9.17, 15) is 4.79 Å². The van der Waals surface area contributed by atoms with Crippen molar-refractivity contribution in [1.82, 2.24) is 15.1 Å². The zero-order valence-corrected chi connectivity index (χ0v) is 13.6. The first kappa shape index (κ1) is 14.7. The highest BCUT2D eigenvalue weighted by Gasteiger charge is 2.09. The Bertz CT molecular complexity index is 936. The minimum atomic E-state index is -0.0431. The van der Waals surface area contributed by atoms with Crippen LogP contribution in [-0.4, -0.2) is 22.2 Å². The standard InChI is InChI=1S/C18H15N3O2S/c22-18(17-9-13-3-1-2-4-16(13)24-17)19-6-7-21-11-15(10-20-21)14-5-8-23-12-14/h1-5,8-12H,6-7H2,(H,19,22). The Morgan fingerprint density at radius 3 is 3.00 bits per heavy atom. The van der Waals surface area contributed by atoms with Crippen LogP contribution in [0.4, 0.5) is 0 Å². The average molecular weight is 337 g/mol. The zero-order valence-electron chi connectivity index (χ0n) is 12.8. The van der Waals surface area contributed by atoms with Crippen molar-refractivity contribution in [2.75, 3.05) is 6.54 Å². The van der Waals surface area contributed by atoms with E-state index in [1.807, 2.05) is 47.3 Å². The molecule has 6 heteroatoms. The van der Waals surface area contributed by atoms with E-state index >= 15 is 0 Å². The van der Waals surface area contributed by atoms with Crippen LogP contribution in [0.1, 0.15) is 9.67 Å². The van der Waals surface area contributed by atoms with Crippen molar-refractivity contribution in [3.8, 4) is 11.1 Å². The second-order valence-electron chi connectivity index (χ2n) is 5.41. The Morgan fingerprint density at radius 1 is 1.25 bits per heavy atom. The number of nitrogens with zero attached hydrogens (tertiary/aromatic N) is 2. The van der Waals surface area contributed by atoms with Crippen molar-refractivity contribution in [2.45, 2.75) is 6.54 Å². The lowest BCUT2D eigenvalue weighted by atomic mass is 10.2. The minimum Gasteiger partial charge on any atom is -0.472 e. The zero-order chi connectivity index (χ0) is 16.4. The van der Waals surface area contributed by atoms with Gasteiger partial charge in [0.05, 0.1) is 30.1 Å². The average Bonchev–Trinajstić information content (AvgIpc) is 3.33. The highest BCUT2D eigenvalue weighted by Crippen LogP contribution is 2.25. The molecular formula is C18H15N3O2S. The number of aromatic nitrogens is 2. The predicted octanol–water partition coefficient (Wildman–Crippen LogP) is 3.79. The number of hydrogen-bond donors (Lipinski definition) is 1. The van der Waals surface area contributed by atoms with Crippen LogP contribution in [0.25, 0.3) is 21.2 Å². The summed E-state index contributed by atoms with van der Waals surface area (Å²) >= 11 is 1.51. The summed E-state index contributed by atoms with van der Waals surface area (Å²) in [6.07, 6.45) is 7.05. The molecule has 0 aliphatic rings. The Kier molecular flexibility index (Phi) is 3.88. The van der Waals surface area contributed by atoms with Gasteiger partial charge in [-0.1, -0.05) is 18.2 Å². The summed E-state index contributed by atoms with van der Waals surface area (Å²) in [6.45, 7) is 1.15. The molecule has 4 aromatic rings. The second-order valence-corrected chi connectivity index (χ2v) is 6.49. The molecule has 1 aromatic carbocycles. The third-order valence-electron chi connectivity index (χ3n) is 3.76. The van der Waals surface area contributed by atoms with E-state index in [4.69, 9.17) is 4.42 Å². The highest BCUT2D eigenvalue weighted by molar-refractivity contribution is 7.20. The van der Waals surface area contributed by atoms with E-state index in [-0.39, 0.29) is 5.91 Å². The van der Waals surface area contributed by atoms with E-state index in [0.29, 0.717) is 13.1 Å². The lowest BCUT2D eigenvalue weighted by Gasteiger charge is -2.03. The van der Waals surface area contributed by atoms with Crippen molar-refractivity contribution in [3.05, 3.63) is 66.2 Å². The van der Waals surface area contributed by atoms with Crippen molar-refractivity contribution >= 4 is 27.3 Å². The molecule has 0 fully saturated rings. The number of fused-ring (bicyclic) bond motifs is 1. The Hall–Kier alpha value is -2.86. The van der Waals surface area contributed by atoms with E-state index in [1.165, 1.54) is 11.3 Å². The van der Waals surface area contributed by atoms with Crippen LogP contribution in [0.3, 0.4) is 0 Å². The number of nitrogens with one attached hydrogen (secondary N) is 1. The largest absolute Gasteiger partial charge is 0.472 e. The van der Waals surface area contributed by atoms with Crippen LogP contribution in [0.2, 0.25) is 0 Å². The molecule has 120 valence electrons. The van der Waals surface area contributed by atoms with Gasteiger partial charge in [0.1, 0.15) is 0 Å². The quantitative estimate of drug-likeness (QED) is 0.603. The van der Waals surface area contributed by atoms with Gasteiger partial charge in [0, 0.05) is 28.6 Å². The lowest BCUT2D eigenvalue weighted by molar-refractivity contribution is 0.0956. The molecule has 0 radical (unpaired) electrons. The van der Waals surface area contributed by atoms with Gasteiger partial charge in [0.25, 0.3) is 5.91 Å². The molecule has 3 aromatic heterocycles. The van der Waals surface area contributed by atoms with E-state index in [2.05, 4.69) is 10.4 Å². The molecule has 1 amide bonds. The number of rotatable bonds is 5. The summed E-state index contributed by atoms with van der Waals surface area (Å²) in [5, 5.41) is 8.35. The van der Waals surface area contributed by atoms with Crippen LogP contribution >= 0.6 is 11.3 Å². The van der Waals surface area contributed by atoms with Gasteiger partial charge in [-0.05, 0) is 23.6 Å². The predicted molar refractivity (Wildman–Crippen MR) is 94.1 cm³/mol. The molecule has 0 aliphatic carbocycles. The first-order valence-corrected chi connectivity index (χ1v) is 8.43. The molecule has 3 heterocycles. The van der Waals surface area contributed by atoms with Gasteiger partial charge in [-0.25, -0.2) is 0 Å². The number of thiophene rings is 1. The van der Waals surface area contributed by atoms with Crippen LogP contribution < -0.4 is 5.32 Å². The third-order valence-corrected chi connectivity index (χ3v) is 4.88. The van der Waals surface area contributed by atoms with Crippen molar-refractivity contribution in [3.63, 3.8) is 0 Å². The smallest absolute Gasteiger partial charge is 0.261 e. The Morgan fingerprint density at radius 2 is 2.17 bits per heavy atom. The second kappa shape index (κ2) is 6.33. The fourth-order valence-electron chi connectivity index (χ4n) is 2.53. The molecule has 1 N–H and O–H groups in total. The van der Waals surface area contributed by atoms with Crippen molar-refractivity contribution in [2.24, 2.45) is 0 Å². The summed E-state index contributed by atoms with van der Waals surface area (Å²) in [7, 11) is 0. The molecule has 4 rings (SSSR count). The summed E-state index contributed by atoms with van der Waals surface area (Å²) in [5.74, 6) is -0.0431. The van der Waals surface area contributed by atoms with Crippen LogP contribution in [0.15, 0.2) is 65.7 Å². The molecule has 5 nitrogen and oxygen atoms in total. The van der Waals surface area contributed by atoms with Gasteiger partial charge >= 0.3 is 0 Å². The van der Waals surface area contributed by atoms with Crippen LogP contribution in [0.5, 0.6) is 0 Å². The van der Waals surface area contributed by atoms with Gasteiger partial charge in [-0.3, -0.25) is 9.48 Å². The van der Waals surface area contributed by atoms with Crippen LogP contribution in [0, 0.1) is 0 Å². The summed E-state index contributed by atoms with van der Waals surface area (Å²) < 4.78 is 8.01. The Labute approximate surface area is 142 Å². The van der Waals surface area contributed by atoms with Crippen molar-refractivity contribution < 1.29 is 9.21 Å². The fourth-order valence-corrected chi connectivity index (χ4v) is 3.51. The van der Waals surface area contributed by atoms with Crippen molar-refractivity contribution in [1.29, 1.82) is 0 Å². The Balaban J connectivity index is 1.36. The van der Waals surface area contributed by atoms with E-state index in [0.717, 1.165) is 26.1 Å². The van der Waals surface area contributed by atoms with Crippen LogP contribution in [-0.2, 0) is 6.54 Å². The summed E-state index contributed by atoms with van der Waals surface area (Å²) in [4.78, 5) is 13.0. The number of carbonyl (C=O) groups is 1. The molecule has 0 unspecified atom stereocenters.